The van der Waals surface area contributed by atoms with E-state index < -0.39 is 67.5 Å². The summed E-state index contributed by atoms with van der Waals surface area (Å²) in [4.78, 5) is 0. The van der Waals surface area contributed by atoms with Gasteiger partial charge in [-0.1, -0.05) is 196 Å². The molecule has 0 radical (unpaired) electrons. The zero-order chi connectivity index (χ0) is 51.1. The predicted octanol–water partition coefficient (Wildman–Crippen LogP) is 11.4. The Hall–Kier alpha value is -5.12. The van der Waals surface area contributed by atoms with Gasteiger partial charge in [-0.2, -0.15) is 0 Å². The Bertz CT molecular complexity index is 2490. The fourth-order valence-electron chi connectivity index (χ4n) is 10.3. The van der Waals surface area contributed by atoms with Crippen LogP contribution in [-0.2, 0) is 91.7 Å². The van der Waals surface area contributed by atoms with Gasteiger partial charge in [0.05, 0.1) is 76.8 Å². The van der Waals surface area contributed by atoms with E-state index in [1.807, 2.05) is 130 Å². The van der Waals surface area contributed by atoms with Crippen LogP contribution < -0.4 is 0 Å². The van der Waals surface area contributed by atoms with Gasteiger partial charge in [-0.25, -0.2) is 0 Å². The van der Waals surface area contributed by atoms with Gasteiger partial charge in [0.25, 0.3) is 0 Å². The molecule has 0 bridgehead atoms. The maximum Gasteiger partial charge on any atom is 0.163 e. The molecule has 74 heavy (non-hydrogen) atoms. The van der Waals surface area contributed by atoms with Gasteiger partial charge in [-0.3, -0.25) is 0 Å². The van der Waals surface area contributed by atoms with Crippen LogP contribution in [-0.4, -0.2) is 86.3 Å². The Balaban J connectivity index is 1.01. The van der Waals surface area contributed by atoms with Gasteiger partial charge in [-0.15, -0.1) is 0 Å². The molecule has 11 heteroatoms. The average Bonchev–Trinajstić information content (AvgIpc) is 3.43. The lowest BCUT2D eigenvalue weighted by Crippen LogP contribution is -2.63. The lowest BCUT2D eigenvalue weighted by atomic mass is 9.89. The van der Waals surface area contributed by atoms with E-state index in [9.17, 15) is 0 Å². The Morgan fingerprint density at radius 3 is 1.05 bits per heavy atom. The van der Waals surface area contributed by atoms with Crippen molar-refractivity contribution in [3.8, 4) is 0 Å². The maximum absolute atomic E-state index is 7.44. The second-order valence-electron chi connectivity index (χ2n) is 20.0. The van der Waals surface area contributed by atoms with Gasteiger partial charge in [-0.05, 0) is 54.2 Å². The topological polar surface area (TPSA) is 102 Å². The summed E-state index contributed by atoms with van der Waals surface area (Å²) in [5, 5.41) is 0. The van der Waals surface area contributed by atoms with Crippen molar-refractivity contribution in [1.29, 1.82) is 0 Å². The highest BCUT2D eigenvalue weighted by atomic mass is 16.7. The lowest BCUT2D eigenvalue weighted by molar-refractivity contribution is -0.365. The Kier molecular flexibility index (Phi) is 19.7. The summed E-state index contributed by atoms with van der Waals surface area (Å²) in [6.45, 7) is 12.8. The van der Waals surface area contributed by atoms with Crippen LogP contribution in [0.5, 0.6) is 0 Å². The summed E-state index contributed by atoms with van der Waals surface area (Å²) in [6.07, 6.45) is -6.79. The number of hydrogen-bond donors (Lipinski definition) is 0. The smallest absolute Gasteiger partial charge is 0.163 e. The summed E-state index contributed by atoms with van der Waals surface area (Å²) >= 11 is 0. The van der Waals surface area contributed by atoms with Gasteiger partial charge in [0.15, 0.2) is 12.6 Å². The molecule has 3 saturated heterocycles. The normalized spacial score (nSPS) is 30.2. The fourth-order valence-corrected chi connectivity index (χ4v) is 10.3. The molecule has 6 aromatic carbocycles. The molecule has 0 spiro atoms. The number of rotatable bonds is 23. The first kappa shape index (κ1) is 53.7. The van der Waals surface area contributed by atoms with E-state index in [4.69, 9.17) is 52.1 Å². The first-order valence-corrected chi connectivity index (χ1v) is 26.4. The second kappa shape index (κ2) is 27.1. The number of benzene rings is 6. The minimum Gasteiger partial charge on any atom is -0.374 e. The monoisotopic (exact) mass is 1010 g/mol. The highest BCUT2D eigenvalue weighted by Gasteiger charge is 2.53. The van der Waals surface area contributed by atoms with Crippen molar-refractivity contribution < 1.29 is 52.1 Å². The zero-order valence-corrected chi connectivity index (χ0v) is 43.4. The van der Waals surface area contributed by atoms with Gasteiger partial charge >= 0.3 is 0 Å². The molecule has 11 nitrogen and oxygen atoms in total. The zero-order valence-electron chi connectivity index (χ0n) is 43.4. The third-order valence-corrected chi connectivity index (χ3v) is 14.4. The Labute approximate surface area is 438 Å². The summed E-state index contributed by atoms with van der Waals surface area (Å²) in [6, 6.07) is 61.1. The van der Waals surface area contributed by atoms with E-state index in [0.29, 0.717) is 39.6 Å². The Morgan fingerprint density at radius 2 is 0.608 bits per heavy atom. The molecule has 6 aromatic rings. The first-order chi connectivity index (χ1) is 36.3. The molecule has 0 N–H and O–H groups in total. The van der Waals surface area contributed by atoms with E-state index in [0.717, 1.165) is 33.4 Å². The minimum absolute atomic E-state index is 0.238. The summed E-state index contributed by atoms with van der Waals surface area (Å²) in [7, 11) is 0. The van der Waals surface area contributed by atoms with Crippen LogP contribution in [0.15, 0.2) is 182 Å². The van der Waals surface area contributed by atoms with Gasteiger partial charge in [0.1, 0.15) is 36.6 Å². The molecule has 3 fully saturated rings. The van der Waals surface area contributed by atoms with Crippen molar-refractivity contribution in [2.75, 3.05) is 6.61 Å². The maximum atomic E-state index is 7.44. The van der Waals surface area contributed by atoms with E-state index in [1.165, 1.54) is 0 Å². The predicted molar refractivity (Wildman–Crippen MR) is 282 cm³/mol. The average molecular weight is 1010 g/mol. The molecule has 0 aliphatic carbocycles. The van der Waals surface area contributed by atoms with Gasteiger partial charge < -0.3 is 52.1 Å². The van der Waals surface area contributed by atoms with Crippen LogP contribution in [0, 0.1) is 11.8 Å². The molecule has 3 aliphatic heterocycles. The van der Waals surface area contributed by atoms with E-state index in [2.05, 4.69) is 86.6 Å². The molecule has 0 aromatic heterocycles. The van der Waals surface area contributed by atoms with Crippen molar-refractivity contribution in [3.63, 3.8) is 0 Å². The Morgan fingerprint density at radius 1 is 0.297 bits per heavy atom. The summed E-state index contributed by atoms with van der Waals surface area (Å²) < 4.78 is 76.3. The molecular weight excluding hydrogens is 933 g/mol. The van der Waals surface area contributed by atoms with E-state index in [1.54, 1.807) is 0 Å². The lowest BCUT2D eigenvalue weighted by Gasteiger charge is -2.51. The molecule has 3 aliphatic rings. The molecule has 9 rings (SSSR count). The molecule has 0 saturated carbocycles. The van der Waals surface area contributed by atoms with Crippen molar-refractivity contribution in [3.05, 3.63) is 215 Å². The van der Waals surface area contributed by atoms with Crippen LogP contribution in [0.2, 0.25) is 0 Å². The van der Waals surface area contributed by atoms with E-state index >= 15 is 0 Å². The van der Waals surface area contributed by atoms with Gasteiger partial charge in [0, 0.05) is 11.8 Å². The molecule has 6 unspecified atom stereocenters. The minimum atomic E-state index is -0.769. The van der Waals surface area contributed by atoms with Crippen molar-refractivity contribution in [1.82, 2.24) is 0 Å². The fraction of sp³-hybridized carbons (Fsp3) is 0.429. The molecule has 3 heterocycles. The van der Waals surface area contributed by atoms with Crippen LogP contribution in [0.1, 0.15) is 68.0 Å². The van der Waals surface area contributed by atoms with Crippen LogP contribution >= 0.6 is 0 Å². The SMILES string of the molecule is CC1C(OCc2ccccc2)[C@H](OCc2ccccc2)[C@H](COCc2ccccc2)O[C@@H]1O[C@@H]1C(C)[C@H](OC2[C@H](C)OC(C)[C@H](OCc3ccccc3)[C@@H]2OCc2ccccc2)OC(C)[C@@H]1OCc1ccccc1. The van der Waals surface area contributed by atoms with Crippen molar-refractivity contribution in [2.45, 2.75) is 154 Å². The standard InChI is InChI=1S/C63H74O11/c1-43-55(65-37-49-26-14-7-15-27-49)60(68-40-52-32-20-10-21-33-52)54(42-64-36-48-24-12-6-13-25-48)72-63(43)73-56-44(2)62(71-46(4)57(56)66-38-50-28-16-8-17-29-50)74-59-47(5)70-45(3)58(67-39-51-30-18-9-19-31-51)61(59)69-41-53-34-22-11-23-35-53/h6-35,43-47,54-63H,36-42H2,1-5H3/t43?,44?,45?,46?,47-,54-,55?,56+,57-,58-,59?,60+,61-,62-,63+/m0/s1. The molecule has 15 atom stereocenters. The highest BCUT2D eigenvalue weighted by Crippen LogP contribution is 2.40. The molecular formula is C63H74O11. The first-order valence-electron chi connectivity index (χ1n) is 26.4. The van der Waals surface area contributed by atoms with Crippen LogP contribution in [0.25, 0.3) is 0 Å². The third kappa shape index (κ3) is 14.4. The highest BCUT2D eigenvalue weighted by molar-refractivity contribution is 5.18. The number of ether oxygens (including phenoxy) is 11. The van der Waals surface area contributed by atoms with Crippen LogP contribution in [0.3, 0.4) is 0 Å². The quantitative estimate of drug-likeness (QED) is 0.0613. The van der Waals surface area contributed by atoms with Crippen LogP contribution in [0.4, 0.5) is 0 Å². The number of hydrogen-bond acceptors (Lipinski definition) is 11. The van der Waals surface area contributed by atoms with Crippen molar-refractivity contribution >= 4 is 0 Å². The third-order valence-electron chi connectivity index (χ3n) is 14.4. The molecule has 0 amide bonds. The second-order valence-corrected chi connectivity index (χ2v) is 20.0. The molecule has 392 valence electrons. The largest absolute Gasteiger partial charge is 0.374 e. The van der Waals surface area contributed by atoms with E-state index in [-0.39, 0.29) is 30.7 Å². The summed E-state index contributed by atoms with van der Waals surface area (Å²) in [5.74, 6) is -0.688. The summed E-state index contributed by atoms with van der Waals surface area (Å²) in [5.41, 5.74) is 6.31. The van der Waals surface area contributed by atoms with Crippen molar-refractivity contribution in [2.24, 2.45) is 11.8 Å². The van der Waals surface area contributed by atoms with Gasteiger partial charge in [0.2, 0.25) is 0 Å².